The van der Waals surface area contributed by atoms with Crippen LogP contribution in [0.15, 0.2) is 0 Å². The first kappa shape index (κ1) is 24.1. The van der Waals surface area contributed by atoms with Crippen molar-refractivity contribution >= 4 is 11.9 Å². The highest BCUT2D eigenvalue weighted by atomic mass is 16.6. The second-order valence-electron chi connectivity index (χ2n) is 11.5. The van der Waals surface area contributed by atoms with Gasteiger partial charge in [-0.1, -0.05) is 0 Å². The minimum atomic E-state index is -1.51. The van der Waals surface area contributed by atoms with Crippen LogP contribution in [0.4, 0.5) is 0 Å². The van der Waals surface area contributed by atoms with Gasteiger partial charge in [0.2, 0.25) is 0 Å². The van der Waals surface area contributed by atoms with Crippen molar-refractivity contribution in [2.45, 2.75) is 128 Å². The summed E-state index contributed by atoms with van der Waals surface area (Å²) < 4.78 is 11.1. The van der Waals surface area contributed by atoms with Crippen molar-refractivity contribution < 1.29 is 24.2 Å². The highest BCUT2D eigenvalue weighted by molar-refractivity contribution is 5.81. The van der Waals surface area contributed by atoms with Crippen molar-refractivity contribution in [3.63, 3.8) is 0 Å². The van der Waals surface area contributed by atoms with Gasteiger partial charge in [0.1, 0.15) is 12.2 Å². The molecule has 7 heteroatoms. The lowest BCUT2D eigenvalue weighted by atomic mass is 9.81. The number of piperidine rings is 2. The van der Waals surface area contributed by atoms with E-state index >= 15 is 0 Å². The maximum atomic E-state index is 12.4. The minimum absolute atomic E-state index is 0.154. The zero-order valence-corrected chi connectivity index (χ0v) is 19.3. The molecule has 2 fully saturated rings. The lowest BCUT2D eigenvalue weighted by molar-refractivity contribution is -0.170. The molecule has 1 atom stereocenters. The number of nitrogens with one attached hydrogen (secondary N) is 2. The van der Waals surface area contributed by atoms with E-state index in [0.29, 0.717) is 25.7 Å². The maximum Gasteiger partial charge on any atom is 0.335 e. The SMILES string of the molecule is CC1(C)CC(OC(=O)CC(O)C(=O)OC2CC(C)(C)NC(C)(C)C2)CC(C)(C)N1. The fraction of sp³-hybridized carbons (Fsp3) is 0.909. The molecule has 0 amide bonds. The van der Waals surface area contributed by atoms with Crippen molar-refractivity contribution in [2.75, 3.05) is 0 Å². The predicted molar refractivity (Wildman–Crippen MR) is 111 cm³/mol. The predicted octanol–water partition coefficient (Wildman–Crippen LogP) is 2.44. The van der Waals surface area contributed by atoms with E-state index in [0.717, 1.165) is 0 Å². The second kappa shape index (κ2) is 8.16. The molecule has 0 aromatic carbocycles. The molecule has 2 aliphatic rings. The van der Waals surface area contributed by atoms with Gasteiger partial charge >= 0.3 is 11.9 Å². The van der Waals surface area contributed by atoms with Crippen LogP contribution in [0, 0.1) is 0 Å². The number of hydrogen-bond acceptors (Lipinski definition) is 7. The van der Waals surface area contributed by atoms with Gasteiger partial charge in [0.15, 0.2) is 6.10 Å². The smallest absolute Gasteiger partial charge is 0.335 e. The third kappa shape index (κ3) is 7.54. The molecule has 1 unspecified atom stereocenters. The monoisotopic (exact) mass is 412 g/mol. The van der Waals surface area contributed by atoms with Crippen LogP contribution in [-0.2, 0) is 19.1 Å². The molecule has 7 nitrogen and oxygen atoms in total. The van der Waals surface area contributed by atoms with Gasteiger partial charge in [0.05, 0.1) is 6.42 Å². The Morgan fingerprint density at radius 3 is 1.52 bits per heavy atom. The van der Waals surface area contributed by atoms with Crippen LogP contribution in [-0.4, -0.2) is 57.5 Å². The Morgan fingerprint density at radius 1 is 0.793 bits per heavy atom. The van der Waals surface area contributed by atoms with Gasteiger partial charge in [-0.3, -0.25) is 4.79 Å². The highest BCUT2D eigenvalue weighted by Crippen LogP contribution is 2.32. The summed E-state index contributed by atoms with van der Waals surface area (Å²) in [6, 6.07) is 0. The van der Waals surface area contributed by atoms with Gasteiger partial charge in [-0.25, -0.2) is 4.79 Å². The first-order valence-corrected chi connectivity index (χ1v) is 10.6. The Balaban J connectivity index is 1.87. The van der Waals surface area contributed by atoms with Gasteiger partial charge in [0.25, 0.3) is 0 Å². The molecule has 2 rings (SSSR count). The zero-order chi connectivity index (χ0) is 22.3. The molecule has 3 N–H and O–H groups in total. The molecular weight excluding hydrogens is 372 g/mol. The molecule has 2 saturated heterocycles. The van der Waals surface area contributed by atoms with Gasteiger partial charge in [0, 0.05) is 47.8 Å². The molecule has 0 aromatic rings. The van der Waals surface area contributed by atoms with Crippen LogP contribution < -0.4 is 10.6 Å². The van der Waals surface area contributed by atoms with Crippen LogP contribution in [0.5, 0.6) is 0 Å². The molecule has 2 aliphatic heterocycles. The number of aliphatic hydroxyl groups excluding tert-OH is 1. The molecule has 2 heterocycles. The molecule has 0 bridgehead atoms. The van der Waals surface area contributed by atoms with E-state index in [1.54, 1.807) is 0 Å². The molecule has 29 heavy (non-hydrogen) atoms. The Kier molecular flexibility index (Phi) is 6.78. The number of hydrogen-bond donors (Lipinski definition) is 3. The van der Waals surface area contributed by atoms with Crippen molar-refractivity contribution in [2.24, 2.45) is 0 Å². The van der Waals surface area contributed by atoms with Crippen LogP contribution in [0.2, 0.25) is 0 Å². The van der Waals surface area contributed by atoms with Gasteiger partial charge in [-0.2, -0.15) is 0 Å². The van der Waals surface area contributed by atoms with E-state index in [1.165, 1.54) is 0 Å². The first-order valence-electron chi connectivity index (χ1n) is 10.6. The van der Waals surface area contributed by atoms with E-state index in [-0.39, 0.29) is 40.8 Å². The lowest BCUT2D eigenvalue weighted by Gasteiger charge is -2.46. The van der Waals surface area contributed by atoms with Gasteiger partial charge < -0.3 is 25.2 Å². The minimum Gasteiger partial charge on any atom is -0.462 e. The summed E-state index contributed by atoms with van der Waals surface area (Å²) >= 11 is 0. The van der Waals surface area contributed by atoms with Gasteiger partial charge in [-0.05, 0) is 55.4 Å². The van der Waals surface area contributed by atoms with Crippen LogP contribution in [0.1, 0.15) is 87.5 Å². The standard InChI is InChI=1S/C22H40N2O5/c1-19(2)10-14(11-20(3,4)23-19)28-17(26)9-16(25)18(27)29-15-12-21(5,6)24-22(7,8)13-15/h14-16,23-25H,9-13H2,1-8H3. The lowest BCUT2D eigenvalue weighted by Crippen LogP contribution is -2.60. The Labute approximate surface area is 175 Å². The summed E-state index contributed by atoms with van der Waals surface area (Å²) in [5.41, 5.74) is -0.659. The molecule has 0 aromatic heterocycles. The molecule has 168 valence electrons. The quantitative estimate of drug-likeness (QED) is 0.597. The summed E-state index contributed by atoms with van der Waals surface area (Å²) in [6.45, 7) is 16.5. The van der Waals surface area contributed by atoms with Crippen molar-refractivity contribution in [1.29, 1.82) is 0 Å². The van der Waals surface area contributed by atoms with Crippen LogP contribution >= 0.6 is 0 Å². The van der Waals surface area contributed by atoms with E-state index in [4.69, 9.17) is 9.47 Å². The zero-order valence-electron chi connectivity index (χ0n) is 19.3. The van der Waals surface area contributed by atoms with E-state index in [9.17, 15) is 14.7 Å². The molecule has 0 saturated carbocycles. The van der Waals surface area contributed by atoms with Crippen molar-refractivity contribution in [3.05, 3.63) is 0 Å². The second-order valence-corrected chi connectivity index (χ2v) is 11.5. The molecule has 0 spiro atoms. The normalized spacial score (nSPS) is 27.1. The summed E-state index contributed by atoms with van der Waals surface area (Å²) in [5.74, 6) is -1.33. The Morgan fingerprint density at radius 2 is 1.14 bits per heavy atom. The largest absolute Gasteiger partial charge is 0.462 e. The van der Waals surface area contributed by atoms with E-state index in [2.05, 4.69) is 66.0 Å². The fourth-order valence-corrected chi connectivity index (χ4v) is 5.34. The van der Waals surface area contributed by atoms with E-state index in [1.807, 2.05) is 0 Å². The molecule has 0 radical (unpaired) electrons. The summed E-state index contributed by atoms with van der Waals surface area (Å²) in [7, 11) is 0. The Hall–Kier alpha value is -1.18. The Bertz CT molecular complexity index is 595. The van der Waals surface area contributed by atoms with Gasteiger partial charge in [-0.15, -0.1) is 0 Å². The topological polar surface area (TPSA) is 96.9 Å². The number of esters is 2. The summed E-state index contributed by atoms with van der Waals surface area (Å²) in [4.78, 5) is 24.7. The van der Waals surface area contributed by atoms with Crippen LogP contribution in [0.25, 0.3) is 0 Å². The third-order valence-electron chi connectivity index (χ3n) is 5.52. The number of carbonyl (C=O) groups excluding carboxylic acids is 2. The number of ether oxygens (including phenoxy) is 2. The highest BCUT2D eigenvalue weighted by Gasteiger charge is 2.41. The third-order valence-corrected chi connectivity index (χ3v) is 5.52. The van der Waals surface area contributed by atoms with E-state index < -0.39 is 18.0 Å². The number of carbonyl (C=O) groups is 2. The maximum absolute atomic E-state index is 12.4. The fourth-order valence-electron chi connectivity index (χ4n) is 5.34. The first-order chi connectivity index (χ1) is 13.0. The van der Waals surface area contributed by atoms with Crippen molar-refractivity contribution in [3.8, 4) is 0 Å². The number of rotatable bonds is 5. The summed E-state index contributed by atoms with van der Waals surface area (Å²) in [5, 5.41) is 17.3. The average molecular weight is 413 g/mol. The van der Waals surface area contributed by atoms with Crippen LogP contribution in [0.3, 0.4) is 0 Å². The molecule has 0 aliphatic carbocycles. The number of aliphatic hydroxyl groups is 1. The summed E-state index contributed by atoms with van der Waals surface area (Å²) in [6.07, 6.45) is 0.224. The molecular formula is C22H40N2O5. The average Bonchev–Trinajstić information content (AvgIpc) is 2.39. The van der Waals surface area contributed by atoms with Crippen molar-refractivity contribution in [1.82, 2.24) is 10.6 Å².